The van der Waals surface area contributed by atoms with Crippen molar-refractivity contribution < 1.29 is 19.4 Å². The van der Waals surface area contributed by atoms with E-state index in [4.69, 9.17) is 9.84 Å². The molecule has 104 valence electrons. The fourth-order valence-electron chi connectivity index (χ4n) is 1.65. The van der Waals surface area contributed by atoms with Gasteiger partial charge in [0, 0.05) is 11.5 Å². The van der Waals surface area contributed by atoms with E-state index in [1.807, 2.05) is 20.8 Å². The van der Waals surface area contributed by atoms with Gasteiger partial charge < -0.3 is 9.84 Å². The Hall–Kier alpha value is -1.16. The molecule has 0 rings (SSSR count). The van der Waals surface area contributed by atoms with Gasteiger partial charge in [-0.25, -0.2) is 4.79 Å². The summed E-state index contributed by atoms with van der Waals surface area (Å²) in [6.45, 7) is 7.26. The Kier molecular flexibility index (Phi) is 7.51. The molecule has 0 fully saturated rings. The lowest BCUT2D eigenvalue weighted by atomic mass is 9.79. The third kappa shape index (κ3) is 5.45. The minimum absolute atomic E-state index is 0.0551. The van der Waals surface area contributed by atoms with Crippen molar-refractivity contribution >= 4 is 11.8 Å². The Balaban J connectivity index is 4.49. The van der Waals surface area contributed by atoms with Crippen molar-refractivity contribution in [3.05, 3.63) is 12.2 Å². The van der Waals surface area contributed by atoms with Gasteiger partial charge >= 0.3 is 5.97 Å². The molecule has 0 heterocycles. The number of hydrogen-bond acceptors (Lipinski definition) is 4. The zero-order chi connectivity index (χ0) is 14.2. The maximum atomic E-state index is 12.0. The summed E-state index contributed by atoms with van der Waals surface area (Å²) in [5, 5.41) is 8.73. The minimum atomic E-state index is -0.597. The minimum Gasteiger partial charge on any atom is -0.457 e. The van der Waals surface area contributed by atoms with E-state index in [2.05, 4.69) is 0 Å². The predicted octanol–water partition coefficient (Wildman–Crippen LogP) is 2.25. The lowest BCUT2D eigenvalue weighted by Crippen LogP contribution is -2.25. The van der Waals surface area contributed by atoms with Crippen molar-refractivity contribution in [1.29, 1.82) is 0 Å². The number of esters is 1. The molecular weight excluding hydrogens is 232 g/mol. The molecule has 0 aromatic rings. The number of ketones is 1. The van der Waals surface area contributed by atoms with Gasteiger partial charge in [-0.05, 0) is 25.8 Å². The number of aliphatic hydroxyl groups excluding tert-OH is 1. The molecule has 2 unspecified atom stereocenters. The normalized spacial score (nSPS) is 16.3. The molecule has 0 spiro atoms. The molecule has 0 aromatic carbocycles. The van der Waals surface area contributed by atoms with Crippen LogP contribution in [0.4, 0.5) is 0 Å². The van der Waals surface area contributed by atoms with Crippen LogP contribution in [0.15, 0.2) is 12.2 Å². The lowest BCUT2D eigenvalue weighted by molar-refractivity contribution is -0.144. The highest BCUT2D eigenvalue weighted by Crippen LogP contribution is 2.28. The third-order valence-corrected chi connectivity index (χ3v) is 3.12. The van der Waals surface area contributed by atoms with Crippen LogP contribution in [0.3, 0.4) is 0 Å². The summed E-state index contributed by atoms with van der Waals surface area (Å²) in [6, 6.07) is 0. The number of ether oxygens (including phenoxy) is 1. The molecule has 0 aromatic heterocycles. The van der Waals surface area contributed by atoms with Gasteiger partial charge in [0.2, 0.25) is 0 Å². The smallest absolute Gasteiger partial charge is 0.331 e. The first-order valence-electron chi connectivity index (χ1n) is 6.43. The Morgan fingerprint density at radius 2 is 1.94 bits per heavy atom. The SMILES string of the molecule is CCCC(C)(CC)C(=O)/C=C\C(=O)OC(C)CO. The largest absolute Gasteiger partial charge is 0.457 e. The average Bonchev–Trinajstić information content (AvgIpc) is 2.35. The Labute approximate surface area is 109 Å². The number of allylic oxidation sites excluding steroid dienone is 1. The summed E-state index contributed by atoms with van der Waals surface area (Å²) in [6.07, 6.45) is 4.34. The number of rotatable bonds is 8. The Morgan fingerprint density at radius 1 is 1.33 bits per heavy atom. The van der Waals surface area contributed by atoms with Crippen LogP contribution in [0.25, 0.3) is 0 Å². The molecule has 0 saturated carbocycles. The van der Waals surface area contributed by atoms with Gasteiger partial charge in [-0.2, -0.15) is 0 Å². The van der Waals surface area contributed by atoms with Crippen molar-refractivity contribution in [2.45, 2.75) is 53.1 Å². The second kappa shape index (κ2) is 8.03. The first-order chi connectivity index (χ1) is 8.39. The molecule has 4 nitrogen and oxygen atoms in total. The van der Waals surface area contributed by atoms with Crippen molar-refractivity contribution in [3.8, 4) is 0 Å². The van der Waals surface area contributed by atoms with Crippen LogP contribution >= 0.6 is 0 Å². The maximum Gasteiger partial charge on any atom is 0.331 e. The van der Waals surface area contributed by atoms with Gasteiger partial charge in [0.15, 0.2) is 5.78 Å². The molecule has 0 radical (unpaired) electrons. The number of carbonyl (C=O) groups is 2. The highest BCUT2D eigenvalue weighted by atomic mass is 16.5. The van der Waals surface area contributed by atoms with Crippen LogP contribution in [-0.2, 0) is 14.3 Å². The van der Waals surface area contributed by atoms with Gasteiger partial charge in [-0.1, -0.05) is 27.2 Å². The van der Waals surface area contributed by atoms with E-state index in [1.54, 1.807) is 6.92 Å². The highest BCUT2D eigenvalue weighted by molar-refractivity contribution is 5.99. The van der Waals surface area contributed by atoms with Crippen LogP contribution in [0, 0.1) is 5.41 Å². The van der Waals surface area contributed by atoms with E-state index in [0.29, 0.717) is 0 Å². The molecule has 2 atom stereocenters. The van der Waals surface area contributed by atoms with Crippen molar-refractivity contribution in [3.63, 3.8) is 0 Å². The molecule has 0 amide bonds. The molecule has 0 bridgehead atoms. The Bertz CT molecular complexity index is 309. The van der Waals surface area contributed by atoms with Gasteiger partial charge in [0.05, 0.1) is 6.61 Å². The van der Waals surface area contributed by atoms with Crippen LogP contribution < -0.4 is 0 Å². The number of carbonyl (C=O) groups excluding carboxylic acids is 2. The van der Waals surface area contributed by atoms with Crippen LogP contribution in [0.1, 0.15) is 47.0 Å². The van der Waals surface area contributed by atoms with Crippen molar-refractivity contribution in [1.82, 2.24) is 0 Å². The monoisotopic (exact) mass is 256 g/mol. The first kappa shape index (κ1) is 16.8. The second-order valence-corrected chi connectivity index (χ2v) is 4.79. The summed E-state index contributed by atoms with van der Waals surface area (Å²) in [4.78, 5) is 23.3. The van der Waals surface area contributed by atoms with Gasteiger partial charge in [0.25, 0.3) is 0 Å². The molecule has 0 aliphatic rings. The summed E-state index contributed by atoms with van der Waals surface area (Å²) < 4.78 is 4.83. The van der Waals surface area contributed by atoms with Gasteiger partial charge in [-0.15, -0.1) is 0 Å². The van der Waals surface area contributed by atoms with E-state index < -0.39 is 17.5 Å². The van der Waals surface area contributed by atoms with Crippen LogP contribution in [0.5, 0.6) is 0 Å². The van der Waals surface area contributed by atoms with Crippen molar-refractivity contribution in [2.24, 2.45) is 5.41 Å². The summed E-state index contributed by atoms with van der Waals surface area (Å²) in [7, 11) is 0. The first-order valence-corrected chi connectivity index (χ1v) is 6.43. The van der Waals surface area contributed by atoms with Crippen LogP contribution in [-0.4, -0.2) is 29.6 Å². The maximum absolute atomic E-state index is 12.0. The fourth-order valence-corrected chi connectivity index (χ4v) is 1.65. The summed E-state index contributed by atoms with van der Waals surface area (Å²) in [5.41, 5.74) is -0.409. The molecule has 0 aliphatic carbocycles. The highest BCUT2D eigenvalue weighted by Gasteiger charge is 2.28. The topological polar surface area (TPSA) is 63.6 Å². The van der Waals surface area contributed by atoms with Gasteiger partial charge in [0.1, 0.15) is 6.10 Å². The van der Waals surface area contributed by atoms with Crippen molar-refractivity contribution in [2.75, 3.05) is 6.61 Å². The van der Waals surface area contributed by atoms with E-state index in [0.717, 1.165) is 25.3 Å². The molecule has 1 N–H and O–H groups in total. The summed E-state index contributed by atoms with van der Waals surface area (Å²) >= 11 is 0. The number of hydrogen-bond donors (Lipinski definition) is 1. The van der Waals surface area contributed by atoms with E-state index >= 15 is 0 Å². The van der Waals surface area contributed by atoms with Gasteiger partial charge in [-0.3, -0.25) is 4.79 Å². The molecule has 0 aliphatic heterocycles. The molecule has 4 heteroatoms. The average molecular weight is 256 g/mol. The lowest BCUT2D eigenvalue weighted by Gasteiger charge is -2.24. The second-order valence-electron chi connectivity index (χ2n) is 4.79. The quantitative estimate of drug-likeness (QED) is 0.534. The third-order valence-electron chi connectivity index (χ3n) is 3.12. The standard InChI is InChI=1S/C14H24O4/c1-5-9-14(4,6-2)12(16)7-8-13(17)18-11(3)10-15/h7-8,11,15H,5-6,9-10H2,1-4H3/b8-7-. The zero-order valence-electron chi connectivity index (χ0n) is 11.7. The van der Waals surface area contributed by atoms with E-state index in [1.165, 1.54) is 6.08 Å². The fraction of sp³-hybridized carbons (Fsp3) is 0.714. The summed E-state index contributed by atoms with van der Waals surface area (Å²) in [5.74, 6) is -0.652. The molecule has 0 saturated heterocycles. The van der Waals surface area contributed by atoms with Crippen LogP contribution in [0.2, 0.25) is 0 Å². The van der Waals surface area contributed by atoms with E-state index in [-0.39, 0.29) is 12.4 Å². The molecular formula is C14H24O4. The number of aliphatic hydroxyl groups is 1. The Morgan fingerprint density at radius 3 is 2.39 bits per heavy atom. The van der Waals surface area contributed by atoms with E-state index in [9.17, 15) is 9.59 Å². The molecule has 18 heavy (non-hydrogen) atoms. The zero-order valence-corrected chi connectivity index (χ0v) is 11.7. The predicted molar refractivity (Wildman–Crippen MR) is 70.1 cm³/mol.